The van der Waals surface area contributed by atoms with Gasteiger partial charge in [-0.3, -0.25) is 0 Å². The summed E-state index contributed by atoms with van der Waals surface area (Å²) in [7, 11) is 0. The van der Waals surface area contributed by atoms with Crippen molar-refractivity contribution in [3.63, 3.8) is 0 Å². The SMILES string of the molecule is c1ccc(C2=NC(c3ccc(N(c4cccc(-c5ccccc5)c4)c4cc(-c5ccccc5)cc(-c5ccccc5)c4)c4oc5ccccc5c34)=NC(c3ccccc3)N2)cc1. The van der Waals surface area contributed by atoms with E-state index in [0.29, 0.717) is 5.84 Å². The van der Waals surface area contributed by atoms with Gasteiger partial charge in [0.1, 0.15) is 17.6 Å². The Hall–Kier alpha value is -8.28. The van der Waals surface area contributed by atoms with Gasteiger partial charge in [0.25, 0.3) is 0 Å². The normalized spacial score (nSPS) is 13.6. The van der Waals surface area contributed by atoms with Gasteiger partial charge in [-0.15, -0.1) is 0 Å². The van der Waals surface area contributed by atoms with Gasteiger partial charge >= 0.3 is 0 Å². The Kier molecular flexibility index (Phi) is 9.52. The molecule has 5 heteroatoms. The van der Waals surface area contributed by atoms with Crippen molar-refractivity contribution in [2.24, 2.45) is 9.98 Å². The molecule has 11 rings (SSSR count). The smallest absolute Gasteiger partial charge is 0.160 e. The highest BCUT2D eigenvalue weighted by molar-refractivity contribution is 6.24. The Morgan fingerprint density at radius 3 is 1.61 bits per heavy atom. The number of nitrogens with zero attached hydrogens (tertiary/aromatic N) is 3. The molecule has 62 heavy (non-hydrogen) atoms. The van der Waals surface area contributed by atoms with Crippen LogP contribution in [0.15, 0.2) is 245 Å². The molecule has 10 aromatic rings. The molecule has 2 heterocycles. The van der Waals surface area contributed by atoms with Crippen LogP contribution in [0.5, 0.6) is 0 Å². The molecule has 1 N–H and O–H groups in total. The molecule has 0 bridgehead atoms. The number of fused-ring (bicyclic) bond motifs is 3. The van der Waals surface area contributed by atoms with Crippen molar-refractivity contribution in [1.29, 1.82) is 0 Å². The minimum absolute atomic E-state index is 0.346. The van der Waals surface area contributed by atoms with Gasteiger partial charge in [0.05, 0.1) is 5.69 Å². The number of hydrogen-bond acceptors (Lipinski definition) is 5. The van der Waals surface area contributed by atoms with E-state index in [1.54, 1.807) is 0 Å². The van der Waals surface area contributed by atoms with Crippen molar-refractivity contribution < 1.29 is 4.42 Å². The van der Waals surface area contributed by atoms with Gasteiger partial charge in [-0.25, -0.2) is 9.98 Å². The van der Waals surface area contributed by atoms with Gasteiger partial charge in [-0.05, 0) is 87.5 Å². The minimum atomic E-state index is -0.346. The lowest BCUT2D eigenvalue weighted by molar-refractivity contribution is 0.668. The number of rotatable bonds is 9. The van der Waals surface area contributed by atoms with Crippen molar-refractivity contribution in [2.45, 2.75) is 6.17 Å². The van der Waals surface area contributed by atoms with E-state index in [0.717, 1.165) is 94.9 Å². The lowest BCUT2D eigenvalue weighted by Crippen LogP contribution is -2.33. The third-order valence-electron chi connectivity index (χ3n) is 11.5. The van der Waals surface area contributed by atoms with Crippen LogP contribution in [0.25, 0.3) is 55.3 Å². The van der Waals surface area contributed by atoms with Crippen LogP contribution < -0.4 is 10.2 Å². The molecule has 5 nitrogen and oxygen atoms in total. The predicted octanol–water partition coefficient (Wildman–Crippen LogP) is 14.6. The molecule has 0 amide bonds. The average Bonchev–Trinajstić information content (AvgIpc) is 3.75. The molecular weight excluding hydrogens is 757 g/mol. The second kappa shape index (κ2) is 16.1. The maximum Gasteiger partial charge on any atom is 0.160 e. The number of aliphatic imine (C=N–C) groups is 2. The zero-order chi connectivity index (χ0) is 41.2. The van der Waals surface area contributed by atoms with Crippen molar-refractivity contribution in [3.8, 4) is 33.4 Å². The Balaban J connectivity index is 1.18. The molecule has 9 aromatic carbocycles. The molecule has 0 radical (unpaired) electrons. The summed E-state index contributed by atoms with van der Waals surface area (Å²) in [6.45, 7) is 0. The Morgan fingerprint density at radius 1 is 0.435 bits per heavy atom. The highest BCUT2D eigenvalue weighted by Gasteiger charge is 2.27. The van der Waals surface area contributed by atoms with Crippen LogP contribution >= 0.6 is 0 Å². The van der Waals surface area contributed by atoms with Crippen LogP contribution in [0, 0.1) is 0 Å². The van der Waals surface area contributed by atoms with Crippen LogP contribution in [0.3, 0.4) is 0 Å². The fourth-order valence-corrected chi connectivity index (χ4v) is 8.51. The van der Waals surface area contributed by atoms with Crippen LogP contribution in [0.4, 0.5) is 17.1 Å². The number of furan rings is 1. The zero-order valence-corrected chi connectivity index (χ0v) is 33.8. The molecule has 1 aliphatic heterocycles. The van der Waals surface area contributed by atoms with E-state index >= 15 is 0 Å². The number of amidine groups is 2. The fourth-order valence-electron chi connectivity index (χ4n) is 8.51. The summed E-state index contributed by atoms with van der Waals surface area (Å²) in [4.78, 5) is 12.9. The van der Waals surface area contributed by atoms with Crippen LogP contribution in [0.1, 0.15) is 22.9 Å². The first-order chi connectivity index (χ1) is 30.7. The Morgan fingerprint density at radius 2 is 0.968 bits per heavy atom. The summed E-state index contributed by atoms with van der Waals surface area (Å²) >= 11 is 0. The van der Waals surface area contributed by atoms with Gasteiger partial charge in [0, 0.05) is 33.3 Å². The van der Waals surface area contributed by atoms with Gasteiger partial charge < -0.3 is 14.6 Å². The summed E-state index contributed by atoms with van der Waals surface area (Å²) in [5.41, 5.74) is 14.1. The van der Waals surface area contributed by atoms with Gasteiger partial charge in [0.15, 0.2) is 11.4 Å². The Bertz CT molecular complexity index is 3190. The van der Waals surface area contributed by atoms with Crippen molar-refractivity contribution >= 4 is 50.7 Å². The monoisotopic (exact) mass is 796 g/mol. The molecule has 0 fully saturated rings. The van der Waals surface area contributed by atoms with E-state index in [4.69, 9.17) is 14.4 Å². The summed E-state index contributed by atoms with van der Waals surface area (Å²) in [5, 5.41) is 5.57. The first-order valence-electron chi connectivity index (χ1n) is 20.9. The molecule has 0 spiro atoms. The van der Waals surface area contributed by atoms with Crippen molar-refractivity contribution in [1.82, 2.24) is 5.32 Å². The van der Waals surface area contributed by atoms with Crippen LogP contribution in [0.2, 0.25) is 0 Å². The van der Waals surface area contributed by atoms with Gasteiger partial charge in [0.2, 0.25) is 0 Å². The summed E-state index contributed by atoms with van der Waals surface area (Å²) in [6.07, 6.45) is -0.346. The van der Waals surface area contributed by atoms with E-state index in [2.05, 4.69) is 192 Å². The highest BCUT2D eigenvalue weighted by atomic mass is 16.3. The standard InChI is InChI=1S/C57H40N4O/c1-6-19-39(20-7-1)44-29-18-30-47(36-44)61(48-37-45(40-21-8-2-9-22-40)35-46(38-48)41-23-10-3-11-24-41)51-34-33-50(53-49-31-16-17-32-52(49)62-54(51)53)57-59-55(42-25-12-4-13-26-42)58-56(60-57)43-27-14-5-15-28-43/h1-38,55H,(H,58,59,60). The first kappa shape index (κ1) is 36.8. The number of para-hydroxylation sites is 1. The van der Waals surface area contributed by atoms with Crippen LogP contribution in [-0.2, 0) is 0 Å². The van der Waals surface area contributed by atoms with E-state index in [-0.39, 0.29) is 6.17 Å². The van der Waals surface area contributed by atoms with Gasteiger partial charge in [-0.1, -0.05) is 182 Å². The lowest BCUT2D eigenvalue weighted by Gasteiger charge is -2.28. The number of anilines is 3. The largest absolute Gasteiger partial charge is 0.454 e. The van der Waals surface area contributed by atoms with E-state index in [1.165, 1.54) is 0 Å². The fraction of sp³-hybridized carbons (Fsp3) is 0.0175. The molecule has 0 aliphatic carbocycles. The molecule has 1 aliphatic rings. The van der Waals surface area contributed by atoms with Crippen molar-refractivity contribution in [2.75, 3.05) is 4.90 Å². The van der Waals surface area contributed by atoms with Gasteiger partial charge in [-0.2, -0.15) is 0 Å². The third kappa shape index (κ3) is 7.01. The zero-order valence-electron chi connectivity index (χ0n) is 33.8. The number of nitrogens with one attached hydrogen (secondary N) is 1. The molecule has 0 saturated heterocycles. The quantitative estimate of drug-likeness (QED) is 0.158. The number of hydrogen-bond donors (Lipinski definition) is 1. The molecular formula is C57H40N4O. The second-order valence-corrected chi connectivity index (χ2v) is 15.4. The topological polar surface area (TPSA) is 53.1 Å². The highest BCUT2D eigenvalue weighted by Crippen LogP contribution is 2.46. The third-order valence-corrected chi connectivity index (χ3v) is 11.5. The first-order valence-corrected chi connectivity index (χ1v) is 20.9. The minimum Gasteiger partial charge on any atom is -0.454 e. The predicted molar refractivity (Wildman–Crippen MR) is 257 cm³/mol. The second-order valence-electron chi connectivity index (χ2n) is 15.4. The molecule has 1 atom stereocenters. The Labute approximate surface area is 360 Å². The molecule has 0 saturated carbocycles. The number of benzene rings is 9. The maximum absolute atomic E-state index is 7.05. The summed E-state index contributed by atoms with van der Waals surface area (Å²) in [6, 6.07) is 80.6. The lowest BCUT2D eigenvalue weighted by atomic mass is 9.96. The van der Waals surface area contributed by atoms with Crippen LogP contribution in [-0.4, -0.2) is 11.7 Å². The average molecular weight is 797 g/mol. The summed E-state index contributed by atoms with van der Waals surface area (Å²) < 4.78 is 7.05. The van der Waals surface area contributed by atoms with Crippen molar-refractivity contribution in [3.05, 3.63) is 247 Å². The maximum atomic E-state index is 7.05. The summed E-state index contributed by atoms with van der Waals surface area (Å²) in [5.74, 6) is 1.40. The molecule has 294 valence electrons. The van der Waals surface area contributed by atoms with E-state index in [1.807, 2.05) is 48.5 Å². The van der Waals surface area contributed by atoms with E-state index < -0.39 is 0 Å². The van der Waals surface area contributed by atoms with E-state index in [9.17, 15) is 0 Å². The molecule has 1 unspecified atom stereocenters. The molecule has 1 aromatic heterocycles.